The minimum Gasteiger partial charge on any atom is -0.315 e. The van der Waals surface area contributed by atoms with E-state index in [1.807, 2.05) is 13.8 Å². The highest BCUT2D eigenvalue weighted by atomic mass is 31.2. The van der Waals surface area contributed by atoms with Gasteiger partial charge in [-0.05, 0) is 45.1 Å². The summed E-state index contributed by atoms with van der Waals surface area (Å²) in [6.45, 7) is 6.43. The van der Waals surface area contributed by atoms with Gasteiger partial charge in [-0.25, -0.2) is 0 Å². The van der Waals surface area contributed by atoms with Crippen molar-refractivity contribution >= 4 is 7.60 Å². The van der Waals surface area contributed by atoms with Crippen LogP contribution in [0.2, 0.25) is 0 Å². The molecule has 4 nitrogen and oxygen atoms in total. The van der Waals surface area contributed by atoms with E-state index in [0.717, 1.165) is 19.0 Å². The first-order chi connectivity index (χ1) is 7.71. The van der Waals surface area contributed by atoms with Crippen molar-refractivity contribution in [1.29, 1.82) is 0 Å². The molecule has 16 heavy (non-hydrogen) atoms. The lowest BCUT2D eigenvalue weighted by molar-refractivity contribution is 0.206. The monoisotopic (exact) mass is 247 g/mol. The van der Waals surface area contributed by atoms with Crippen LogP contribution < -0.4 is 5.32 Å². The fourth-order valence-electron chi connectivity index (χ4n) is 2.63. The Morgan fingerprint density at radius 3 is 2.31 bits per heavy atom. The molecular weight excluding hydrogens is 225 g/mol. The Bertz CT molecular complexity index is 270. The van der Waals surface area contributed by atoms with Gasteiger partial charge in [0.05, 0.1) is 18.9 Å². The lowest BCUT2D eigenvalue weighted by atomic mass is 10.0. The highest BCUT2D eigenvalue weighted by molar-refractivity contribution is 7.54. The Labute approximate surface area is 97.6 Å². The van der Waals surface area contributed by atoms with Crippen LogP contribution in [0.5, 0.6) is 0 Å². The summed E-state index contributed by atoms with van der Waals surface area (Å²) in [7, 11) is -2.90. The summed E-state index contributed by atoms with van der Waals surface area (Å²) >= 11 is 0. The zero-order valence-electron chi connectivity index (χ0n) is 10.1. The smallest absolute Gasteiger partial charge is 0.315 e. The van der Waals surface area contributed by atoms with Crippen LogP contribution >= 0.6 is 7.60 Å². The molecule has 5 heteroatoms. The lowest BCUT2D eigenvalue weighted by Crippen LogP contribution is -2.23. The van der Waals surface area contributed by atoms with Gasteiger partial charge in [0.1, 0.15) is 0 Å². The van der Waals surface area contributed by atoms with Gasteiger partial charge in [-0.15, -0.1) is 0 Å². The van der Waals surface area contributed by atoms with Crippen molar-refractivity contribution in [3.63, 3.8) is 0 Å². The number of hydrogen-bond donors (Lipinski definition) is 1. The summed E-state index contributed by atoms with van der Waals surface area (Å²) in [6.07, 6.45) is 2.56. The maximum absolute atomic E-state index is 12.7. The normalized spacial score (nSPS) is 30.9. The molecule has 1 aliphatic carbocycles. The van der Waals surface area contributed by atoms with Gasteiger partial charge in [0.15, 0.2) is 0 Å². The van der Waals surface area contributed by atoms with Gasteiger partial charge >= 0.3 is 7.60 Å². The van der Waals surface area contributed by atoms with Crippen molar-refractivity contribution in [2.75, 3.05) is 26.3 Å². The molecule has 1 saturated carbocycles. The van der Waals surface area contributed by atoms with Gasteiger partial charge in [-0.2, -0.15) is 0 Å². The molecule has 0 aromatic heterocycles. The van der Waals surface area contributed by atoms with E-state index in [2.05, 4.69) is 5.32 Å². The zero-order valence-corrected chi connectivity index (χ0v) is 11.0. The Hall–Kier alpha value is 0.110. The third-order valence-corrected chi connectivity index (χ3v) is 6.09. The second kappa shape index (κ2) is 5.18. The van der Waals surface area contributed by atoms with Crippen molar-refractivity contribution in [3.8, 4) is 0 Å². The zero-order chi connectivity index (χ0) is 11.6. The first-order valence-corrected chi connectivity index (χ1v) is 7.92. The van der Waals surface area contributed by atoms with Gasteiger partial charge in [0, 0.05) is 6.54 Å². The molecule has 0 bridgehead atoms. The molecule has 2 atom stereocenters. The quantitative estimate of drug-likeness (QED) is 0.731. The van der Waals surface area contributed by atoms with Crippen molar-refractivity contribution in [2.24, 2.45) is 11.8 Å². The maximum atomic E-state index is 12.7. The molecule has 1 N–H and O–H groups in total. The average Bonchev–Trinajstić information content (AvgIpc) is 2.96. The molecule has 2 fully saturated rings. The number of hydrogen-bond acceptors (Lipinski definition) is 4. The summed E-state index contributed by atoms with van der Waals surface area (Å²) in [6, 6.07) is 0. The van der Waals surface area contributed by atoms with Crippen LogP contribution in [-0.4, -0.2) is 32.0 Å². The molecular formula is C11H22NO3P. The maximum Gasteiger partial charge on any atom is 0.335 e. The van der Waals surface area contributed by atoms with E-state index >= 15 is 0 Å². The van der Waals surface area contributed by atoms with Gasteiger partial charge in [0.2, 0.25) is 0 Å². The molecule has 94 valence electrons. The Balaban J connectivity index is 2.08. The van der Waals surface area contributed by atoms with E-state index in [1.165, 1.54) is 12.8 Å². The molecule has 0 amide bonds. The minimum atomic E-state index is -2.90. The standard InChI is InChI=1S/C11H22NO3P/c1-3-14-16(13,15-4-2)11-8-12-7-10(11)9-5-6-9/h9-12H,3-8H2,1-2H3. The van der Waals surface area contributed by atoms with E-state index in [0.29, 0.717) is 19.1 Å². The fourth-order valence-corrected chi connectivity index (χ4v) is 4.97. The molecule has 0 radical (unpaired) electrons. The third-order valence-electron chi connectivity index (χ3n) is 3.48. The largest absolute Gasteiger partial charge is 0.335 e. The van der Waals surface area contributed by atoms with Gasteiger partial charge in [-0.3, -0.25) is 4.57 Å². The van der Waals surface area contributed by atoms with E-state index < -0.39 is 7.60 Å². The summed E-state index contributed by atoms with van der Waals surface area (Å²) in [4.78, 5) is 0. The van der Waals surface area contributed by atoms with Crippen LogP contribution in [0.15, 0.2) is 0 Å². The summed E-state index contributed by atoms with van der Waals surface area (Å²) in [5.41, 5.74) is 0.0694. The second-order valence-corrected chi connectivity index (χ2v) is 6.86. The highest BCUT2D eigenvalue weighted by Crippen LogP contribution is 2.59. The molecule has 1 aliphatic heterocycles. The first-order valence-electron chi connectivity index (χ1n) is 6.30. The minimum absolute atomic E-state index is 0.0694. The van der Waals surface area contributed by atoms with Crippen molar-refractivity contribution < 1.29 is 13.6 Å². The van der Waals surface area contributed by atoms with Gasteiger partial charge in [0.25, 0.3) is 0 Å². The molecule has 0 spiro atoms. The van der Waals surface area contributed by atoms with Crippen LogP contribution in [0.3, 0.4) is 0 Å². The molecule has 0 aromatic rings. The van der Waals surface area contributed by atoms with Crippen LogP contribution in [0, 0.1) is 11.8 Å². The molecule has 2 rings (SSSR count). The molecule has 2 unspecified atom stereocenters. The average molecular weight is 247 g/mol. The lowest BCUT2D eigenvalue weighted by Gasteiger charge is -2.26. The number of rotatable bonds is 6. The predicted molar refractivity (Wildman–Crippen MR) is 63.7 cm³/mol. The second-order valence-electron chi connectivity index (χ2n) is 4.60. The highest BCUT2D eigenvalue weighted by Gasteiger charge is 2.49. The Morgan fingerprint density at radius 2 is 1.81 bits per heavy atom. The van der Waals surface area contributed by atoms with Crippen molar-refractivity contribution in [3.05, 3.63) is 0 Å². The Kier molecular flexibility index (Phi) is 4.06. The molecule has 1 saturated heterocycles. The van der Waals surface area contributed by atoms with Gasteiger partial charge < -0.3 is 14.4 Å². The van der Waals surface area contributed by atoms with E-state index in [4.69, 9.17) is 9.05 Å². The van der Waals surface area contributed by atoms with E-state index in [-0.39, 0.29) is 5.66 Å². The van der Waals surface area contributed by atoms with E-state index in [9.17, 15) is 4.57 Å². The first kappa shape index (κ1) is 12.6. The van der Waals surface area contributed by atoms with Crippen LogP contribution in [0.4, 0.5) is 0 Å². The Morgan fingerprint density at radius 1 is 1.19 bits per heavy atom. The topological polar surface area (TPSA) is 47.6 Å². The van der Waals surface area contributed by atoms with Crippen LogP contribution in [0.1, 0.15) is 26.7 Å². The molecule has 0 aromatic carbocycles. The molecule has 1 heterocycles. The third kappa shape index (κ3) is 2.51. The van der Waals surface area contributed by atoms with Crippen molar-refractivity contribution in [1.82, 2.24) is 5.32 Å². The number of nitrogens with one attached hydrogen (secondary N) is 1. The van der Waals surface area contributed by atoms with Gasteiger partial charge in [-0.1, -0.05) is 0 Å². The predicted octanol–water partition coefficient (Wildman–Crippen LogP) is 2.25. The molecule has 2 aliphatic rings. The fraction of sp³-hybridized carbons (Fsp3) is 1.00. The summed E-state index contributed by atoms with van der Waals surface area (Å²) in [5.74, 6) is 1.23. The van der Waals surface area contributed by atoms with Crippen LogP contribution in [0.25, 0.3) is 0 Å². The van der Waals surface area contributed by atoms with Crippen LogP contribution in [-0.2, 0) is 13.6 Å². The summed E-state index contributed by atoms with van der Waals surface area (Å²) < 4.78 is 23.6. The SMILES string of the molecule is CCOP(=O)(OCC)C1CNCC1C1CC1. The summed E-state index contributed by atoms with van der Waals surface area (Å²) in [5, 5.41) is 3.33. The van der Waals surface area contributed by atoms with Crippen molar-refractivity contribution in [2.45, 2.75) is 32.3 Å². The van der Waals surface area contributed by atoms with E-state index in [1.54, 1.807) is 0 Å².